The minimum Gasteiger partial charge on any atom is -0.0622 e. The first-order valence-corrected chi connectivity index (χ1v) is 7.45. The Morgan fingerprint density at radius 3 is 1.48 bits per heavy atom. The van der Waals surface area contributed by atoms with E-state index in [2.05, 4.69) is 74.5 Å². The van der Waals surface area contributed by atoms with Crippen molar-refractivity contribution in [2.45, 2.75) is 20.3 Å². The van der Waals surface area contributed by atoms with Crippen LogP contribution in [0.1, 0.15) is 18.1 Å². The molecule has 0 atom stereocenters. The summed E-state index contributed by atoms with van der Waals surface area (Å²) in [6, 6.07) is 29.5. The summed E-state index contributed by atoms with van der Waals surface area (Å²) in [6.45, 7) is 4.26. The fourth-order valence-corrected chi connectivity index (χ4v) is 2.10. The Morgan fingerprint density at radius 2 is 1.05 bits per heavy atom. The topological polar surface area (TPSA) is 0 Å². The van der Waals surface area contributed by atoms with E-state index in [1.165, 1.54) is 22.3 Å². The van der Waals surface area contributed by atoms with Crippen LogP contribution in [0.5, 0.6) is 0 Å². The Bertz CT molecular complexity index is 622. The zero-order valence-corrected chi connectivity index (χ0v) is 12.8. The summed E-state index contributed by atoms with van der Waals surface area (Å²) in [6.07, 6.45) is 1.11. The predicted molar refractivity (Wildman–Crippen MR) is 92.4 cm³/mol. The summed E-state index contributed by atoms with van der Waals surface area (Å²) in [5, 5.41) is 0. The standard InChI is InChI=1S/C14H14.C7H8/c1-2-12-8-10-14(11-9-12)13-6-4-3-5-7-13;1-7-5-3-2-4-6-7/h3-11H,2H2,1H3;2-6H,1H3. The van der Waals surface area contributed by atoms with E-state index in [-0.39, 0.29) is 0 Å². The van der Waals surface area contributed by atoms with Crippen LogP contribution in [-0.2, 0) is 6.42 Å². The molecule has 0 saturated heterocycles. The summed E-state index contributed by atoms with van der Waals surface area (Å²) < 4.78 is 0. The van der Waals surface area contributed by atoms with Crippen LogP contribution in [0, 0.1) is 6.92 Å². The third kappa shape index (κ3) is 4.92. The lowest BCUT2D eigenvalue weighted by molar-refractivity contribution is 1.14. The lowest BCUT2D eigenvalue weighted by atomic mass is 10.0. The number of benzene rings is 3. The Balaban J connectivity index is 0.000000194. The second-order valence-corrected chi connectivity index (χ2v) is 5.07. The fraction of sp³-hybridized carbons (Fsp3) is 0.143. The molecule has 0 heterocycles. The number of aryl methyl sites for hydroxylation is 2. The summed E-state index contributed by atoms with van der Waals surface area (Å²) in [7, 11) is 0. The summed E-state index contributed by atoms with van der Waals surface area (Å²) in [5.41, 5.74) is 5.30. The van der Waals surface area contributed by atoms with Gasteiger partial charge in [-0.05, 0) is 30.0 Å². The van der Waals surface area contributed by atoms with E-state index in [1.54, 1.807) is 0 Å². The monoisotopic (exact) mass is 274 g/mol. The van der Waals surface area contributed by atoms with Gasteiger partial charge in [-0.3, -0.25) is 0 Å². The maximum atomic E-state index is 2.20. The Morgan fingerprint density at radius 1 is 0.571 bits per heavy atom. The second kappa shape index (κ2) is 8.06. The molecular formula is C21H22. The molecule has 0 unspecified atom stereocenters. The molecule has 0 aromatic heterocycles. The van der Waals surface area contributed by atoms with Gasteiger partial charge in [0.25, 0.3) is 0 Å². The van der Waals surface area contributed by atoms with Gasteiger partial charge >= 0.3 is 0 Å². The Labute approximate surface area is 128 Å². The van der Waals surface area contributed by atoms with E-state index >= 15 is 0 Å². The SMILES string of the molecule is CCc1ccc(-c2ccccc2)cc1.Cc1ccccc1. The van der Waals surface area contributed by atoms with Crippen LogP contribution in [0.25, 0.3) is 11.1 Å². The van der Waals surface area contributed by atoms with Crippen LogP contribution in [0.15, 0.2) is 84.9 Å². The number of hydrogen-bond donors (Lipinski definition) is 0. The Hall–Kier alpha value is -2.34. The minimum absolute atomic E-state index is 1.11. The molecule has 0 heteroatoms. The zero-order chi connectivity index (χ0) is 14.9. The van der Waals surface area contributed by atoms with Crippen molar-refractivity contribution in [1.82, 2.24) is 0 Å². The highest BCUT2D eigenvalue weighted by molar-refractivity contribution is 5.63. The van der Waals surface area contributed by atoms with E-state index in [0.29, 0.717) is 0 Å². The van der Waals surface area contributed by atoms with Crippen molar-refractivity contribution in [2.75, 3.05) is 0 Å². The third-order valence-electron chi connectivity index (χ3n) is 3.41. The van der Waals surface area contributed by atoms with Gasteiger partial charge in [-0.15, -0.1) is 0 Å². The molecule has 3 aromatic rings. The van der Waals surface area contributed by atoms with Crippen LogP contribution in [0.2, 0.25) is 0 Å². The van der Waals surface area contributed by atoms with E-state index in [1.807, 2.05) is 24.3 Å². The first-order chi connectivity index (χ1) is 10.3. The maximum Gasteiger partial charge on any atom is -0.0184 e. The second-order valence-electron chi connectivity index (χ2n) is 5.07. The molecular weight excluding hydrogens is 252 g/mol. The van der Waals surface area contributed by atoms with E-state index < -0.39 is 0 Å². The normalized spacial score (nSPS) is 9.62. The summed E-state index contributed by atoms with van der Waals surface area (Å²) in [4.78, 5) is 0. The van der Waals surface area contributed by atoms with E-state index in [9.17, 15) is 0 Å². The first kappa shape index (κ1) is 15.1. The zero-order valence-electron chi connectivity index (χ0n) is 12.8. The number of hydrogen-bond acceptors (Lipinski definition) is 0. The van der Waals surface area contributed by atoms with Gasteiger partial charge in [0.15, 0.2) is 0 Å². The highest BCUT2D eigenvalue weighted by atomic mass is 14.0. The maximum absolute atomic E-state index is 2.20. The van der Waals surface area contributed by atoms with Crippen molar-refractivity contribution in [1.29, 1.82) is 0 Å². The Kier molecular flexibility index (Phi) is 5.78. The first-order valence-electron chi connectivity index (χ1n) is 7.45. The van der Waals surface area contributed by atoms with Gasteiger partial charge in [0, 0.05) is 0 Å². The van der Waals surface area contributed by atoms with Crippen molar-refractivity contribution < 1.29 is 0 Å². The largest absolute Gasteiger partial charge is 0.0622 e. The minimum atomic E-state index is 1.11. The van der Waals surface area contributed by atoms with Crippen molar-refractivity contribution in [3.8, 4) is 11.1 Å². The molecule has 0 fully saturated rings. The van der Waals surface area contributed by atoms with Gasteiger partial charge in [-0.2, -0.15) is 0 Å². The van der Waals surface area contributed by atoms with Crippen LogP contribution in [0.4, 0.5) is 0 Å². The van der Waals surface area contributed by atoms with Crippen molar-refractivity contribution in [2.24, 2.45) is 0 Å². The van der Waals surface area contributed by atoms with Gasteiger partial charge in [-0.1, -0.05) is 97.4 Å². The predicted octanol–water partition coefficient (Wildman–Crippen LogP) is 5.91. The molecule has 3 aromatic carbocycles. The molecule has 0 saturated carbocycles. The molecule has 3 rings (SSSR count). The molecule has 0 aliphatic heterocycles. The van der Waals surface area contributed by atoms with Gasteiger partial charge < -0.3 is 0 Å². The fourth-order valence-electron chi connectivity index (χ4n) is 2.10. The molecule has 0 aliphatic rings. The van der Waals surface area contributed by atoms with Crippen LogP contribution >= 0.6 is 0 Å². The lowest BCUT2D eigenvalue weighted by Crippen LogP contribution is -1.80. The van der Waals surface area contributed by atoms with Gasteiger partial charge in [0.05, 0.1) is 0 Å². The molecule has 0 aliphatic carbocycles. The van der Waals surface area contributed by atoms with E-state index in [4.69, 9.17) is 0 Å². The van der Waals surface area contributed by atoms with Crippen LogP contribution < -0.4 is 0 Å². The van der Waals surface area contributed by atoms with Crippen molar-refractivity contribution >= 4 is 0 Å². The summed E-state index contributed by atoms with van der Waals surface area (Å²) >= 11 is 0. The molecule has 0 N–H and O–H groups in total. The highest BCUT2D eigenvalue weighted by Gasteiger charge is 1.95. The molecule has 0 amide bonds. The smallest absolute Gasteiger partial charge is 0.0184 e. The van der Waals surface area contributed by atoms with Crippen LogP contribution in [-0.4, -0.2) is 0 Å². The molecule has 106 valence electrons. The van der Waals surface area contributed by atoms with Crippen molar-refractivity contribution in [3.63, 3.8) is 0 Å². The quantitative estimate of drug-likeness (QED) is 0.545. The van der Waals surface area contributed by atoms with Crippen molar-refractivity contribution in [3.05, 3.63) is 96.1 Å². The van der Waals surface area contributed by atoms with Gasteiger partial charge in [-0.25, -0.2) is 0 Å². The highest BCUT2D eigenvalue weighted by Crippen LogP contribution is 2.19. The van der Waals surface area contributed by atoms with Gasteiger partial charge in [0.2, 0.25) is 0 Å². The molecule has 0 bridgehead atoms. The molecule has 0 spiro atoms. The summed E-state index contributed by atoms with van der Waals surface area (Å²) in [5.74, 6) is 0. The number of rotatable bonds is 2. The average Bonchev–Trinajstić information content (AvgIpc) is 2.57. The molecule has 0 nitrogen and oxygen atoms in total. The lowest BCUT2D eigenvalue weighted by Gasteiger charge is -2.02. The average molecular weight is 274 g/mol. The van der Waals surface area contributed by atoms with Gasteiger partial charge in [0.1, 0.15) is 0 Å². The molecule has 21 heavy (non-hydrogen) atoms. The third-order valence-corrected chi connectivity index (χ3v) is 3.41. The molecule has 0 radical (unpaired) electrons. The van der Waals surface area contributed by atoms with E-state index in [0.717, 1.165) is 6.42 Å². The van der Waals surface area contributed by atoms with Crippen LogP contribution in [0.3, 0.4) is 0 Å².